The molecule has 1 aromatic carbocycles. The molecule has 7 nitrogen and oxygen atoms in total. The maximum atomic E-state index is 14.1. The van der Waals surface area contributed by atoms with E-state index in [0.29, 0.717) is 27.8 Å². The van der Waals surface area contributed by atoms with E-state index in [2.05, 4.69) is 15.3 Å². The summed E-state index contributed by atoms with van der Waals surface area (Å²) in [7, 11) is 0. The molecule has 0 spiro atoms. The minimum absolute atomic E-state index is 0.0250. The van der Waals surface area contributed by atoms with Crippen LogP contribution >= 0.6 is 0 Å². The third-order valence-electron chi connectivity index (χ3n) is 6.07. The fraction of sp³-hybridized carbons (Fsp3) is 0.200. The Kier molecular flexibility index (Phi) is 5.21. The third kappa shape index (κ3) is 3.63. The summed E-state index contributed by atoms with van der Waals surface area (Å²) in [6, 6.07) is 10.3. The van der Waals surface area contributed by atoms with Gasteiger partial charge < -0.3 is 11.1 Å². The predicted octanol–water partition coefficient (Wildman–Crippen LogP) is 4.54. The van der Waals surface area contributed by atoms with E-state index in [1.165, 1.54) is 35.1 Å². The van der Waals surface area contributed by atoms with Crippen molar-refractivity contribution in [3.8, 4) is 17.2 Å². The number of nitrogens with one attached hydrogen (secondary N) is 1. The second-order valence-corrected chi connectivity index (χ2v) is 8.35. The number of fused-ring (bicyclic) bond motifs is 1. The van der Waals surface area contributed by atoms with Crippen molar-refractivity contribution in [3.63, 3.8) is 0 Å². The summed E-state index contributed by atoms with van der Waals surface area (Å²) < 4.78 is 29.2. The van der Waals surface area contributed by atoms with E-state index in [0.717, 1.165) is 12.8 Å². The average molecular weight is 458 g/mol. The minimum Gasteiger partial charge on any atom is -0.382 e. The fourth-order valence-electron chi connectivity index (χ4n) is 4.40. The van der Waals surface area contributed by atoms with Crippen LogP contribution in [-0.2, 0) is 0 Å². The summed E-state index contributed by atoms with van der Waals surface area (Å²) in [5.41, 5.74) is 8.78. The third-order valence-corrected chi connectivity index (χ3v) is 6.07. The molecule has 170 valence electrons. The van der Waals surface area contributed by atoms with Crippen molar-refractivity contribution < 1.29 is 8.78 Å². The van der Waals surface area contributed by atoms with Crippen LogP contribution in [0.1, 0.15) is 48.4 Å². The maximum Gasteiger partial charge on any atom is 0.259 e. The summed E-state index contributed by atoms with van der Waals surface area (Å²) in [6.45, 7) is 1.85. The van der Waals surface area contributed by atoms with E-state index in [9.17, 15) is 18.8 Å². The van der Waals surface area contributed by atoms with E-state index in [4.69, 9.17) is 5.73 Å². The molecule has 3 aromatic heterocycles. The van der Waals surface area contributed by atoms with Gasteiger partial charge in [0.05, 0.1) is 11.6 Å². The number of nitrogen functional groups attached to an aromatic ring is 1. The van der Waals surface area contributed by atoms with Crippen LogP contribution in [0.5, 0.6) is 0 Å². The zero-order valence-electron chi connectivity index (χ0n) is 18.2. The van der Waals surface area contributed by atoms with Gasteiger partial charge in [-0.1, -0.05) is 12.1 Å². The van der Waals surface area contributed by atoms with E-state index >= 15 is 0 Å². The highest BCUT2D eigenvalue weighted by Gasteiger charge is 2.34. The number of hydrogen-bond acceptors (Lipinski definition) is 6. The Labute approximate surface area is 193 Å². The molecule has 1 aliphatic carbocycles. The SMILES string of the molecule is C[C@H](Nc1ncnc(N)c1C#N)c1c(C2CC2)c(=O)n2cc(F)ccc2c1-c1ccc(F)cc1. The van der Waals surface area contributed by atoms with Crippen LogP contribution in [0.15, 0.2) is 53.7 Å². The van der Waals surface area contributed by atoms with E-state index in [1.807, 2.05) is 13.0 Å². The number of nitrogens with zero attached hydrogens (tertiary/aromatic N) is 4. The molecule has 0 unspecified atom stereocenters. The van der Waals surface area contributed by atoms with Gasteiger partial charge in [0.2, 0.25) is 0 Å². The molecular formula is C25H20F2N6O. The van der Waals surface area contributed by atoms with Gasteiger partial charge in [-0.25, -0.2) is 18.7 Å². The minimum atomic E-state index is -0.532. The first-order chi connectivity index (χ1) is 16.4. The highest BCUT2D eigenvalue weighted by molar-refractivity contribution is 5.85. The number of rotatable bonds is 5. The molecule has 0 amide bonds. The Balaban J connectivity index is 1.80. The number of benzene rings is 1. The number of aromatic nitrogens is 3. The van der Waals surface area contributed by atoms with Crippen molar-refractivity contribution in [2.75, 3.05) is 11.1 Å². The first-order valence-corrected chi connectivity index (χ1v) is 10.8. The van der Waals surface area contributed by atoms with Crippen molar-refractivity contribution in [2.45, 2.75) is 31.7 Å². The standard InChI is InChI=1S/C25H20F2N6O/c1-13(32-24-18(10-28)23(29)30-12-31-24)20-21(14-4-6-16(26)7-5-14)19-9-8-17(27)11-33(19)25(34)22(20)15-2-3-15/h4-9,11-13,15H,2-3H2,1H3,(H3,29,30,31,32)/t13-/m0/s1. The molecule has 1 atom stereocenters. The van der Waals surface area contributed by atoms with Gasteiger partial charge in [0.1, 0.15) is 41.2 Å². The largest absolute Gasteiger partial charge is 0.382 e. The maximum absolute atomic E-state index is 14.1. The normalized spacial score (nSPS) is 14.1. The lowest BCUT2D eigenvalue weighted by Crippen LogP contribution is -2.25. The lowest BCUT2D eigenvalue weighted by atomic mass is 9.89. The van der Waals surface area contributed by atoms with Crippen LogP contribution in [0.4, 0.5) is 20.4 Å². The summed E-state index contributed by atoms with van der Waals surface area (Å²) in [5.74, 6) is -0.610. The van der Waals surface area contributed by atoms with Crippen molar-refractivity contribution >= 4 is 17.2 Å². The Bertz CT molecular complexity index is 1520. The summed E-state index contributed by atoms with van der Waals surface area (Å²) in [5, 5.41) is 12.7. The van der Waals surface area contributed by atoms with Crippen molar-refractivity contribution in [3.05, 3.63) is 87.6 Å². The second-order valence-electron chi connectivity index (χ2n) is 8.35. The molecule has 34 heavy (non-hydrogen) atoms. The number of nitriles is 1. The van der Waals surface area contributed by atoms with Crippen LogP contribution < -0.4 is 16.6 Å². The molecule has 0 aliphatic heterocycles. The number of pyridine rings is 2. The van der Waals surface area contributed by atoms with Crippen LogP contribution in [0.3, 0.4) is 0 Å². The second kappa shape index (κ2) is 8.23. The first-order valence-electron chi connectivity index (χ1n) is 10.8. The Hall–Kier alpha value is -4.32. The molecule has 0 bridgehead atoms. The monoisotopic (exact) mass is 458 g/mol. The van der Waals surface area contributed by atoms with Gasteiger partial charge in [-0.2, -0.15) is 5.26 Å². The van der Waals surface area contributed by atoms with Crippen LogP contribution in [-0.4, -0.2) is 14.4 Å². The van der Waals surface area contributed by atoms with Gasteiger partial charge in [0.15, 0.2) is 0 Å². The van der Waals surface area contributed by atoms with E-state index < -0.39 is 17.7 Å². The van der Waals surface area contributed by atoms with Gasteiger partial charge in [-0.3, -0.25) is 9.20 Å². The first kappa shape index (κ1) is 21.5. The zero-order valence-corrected chi connectivity index (χ0v) is 18.2. The summed E-state index contributed by atoms with van der Waals surface area (Å²) in [4.78, 5) is 21.6. The molecule has 3 N–H and O–H groups in total. The molecule has 1 fully saturated rings. The molecule has 9 heteroatoms. The number of hydrogen-bond donors (Lipinski definition) is 2. The van der Waals surface area contributed by atoms with Crippen LogP contribution in [0.25, 0.3) is 16.6 Å². The number of anilines is 2. The average Bonchev–Trinajstić information content (AvgIpc) is 3.65. The van der Waals surface area contributed by atoms with Gasteiger partial charge in [0, 0.05) is 17.3 Å². The molecule has 4 aromatic rings. The van der Waals surface area contributed by atoms with Crippen molar-refractivity contribution in [2.24, 2.45) is 0 Å². The molecule has 3 heterocycles. The smallest absolute Gasteiger partial charge is 0.259 e. The van der Waals surface area contributed by atoms with E-state index in [-0.39, 0.29) is 28.7 Å². The van der Waals surface area contributed by atoms with Gasteiger partial charge >= 0.3 is 0 Å². The molecule has 1 aliphatic rings. The fourth-order valence-corrected chi connectivity index (χ4v) is 4.40. The topological polar surface area (TPSA) is 109 Å². The Morgan fingerprint density at radius 2 is 1.85 bits per heavy atom. The molecule has 1 saturated carbocycles. The van der Waals surface area contributed by atoms with E-state index in [1.54, 1.807) is 18.2 Å². The van der Waals surface area contributed by atoms with Gasteiger partial charge in [0.25, 0.3) is 5.56 Å². The lowest BCUT2D eigenvalue weighted by Gasteiger charge is -2.24. The highest BCUT2D eigenvalue weighted by atomic mass is 19.1. The number of halogens is 2. The van der Waals surface area contributed by atoms with Crippen molar-refractivity contribution in [1.82, 2.24) is 14.4 Å². The lowest BCUT2D eigenvalue weighted by molar-refractivity contribution is 0.617. The molecular weight excluding hydrogens is 438 g/mol. The van der Waals surface area contributed by atoms with Gasteiger partial charge in [-0.05, 0) is 61.1 Å². The molecule has 0 saturated heterocycles. The highest BCUT2D eigenvalue weighted by Crippen LogP contribution is 2.45. The quantitative estimate of drug-likeness (QED) is 0.455. The van der Waals surface area contributed by atoms with Crippen LogP contribution in [0, 0.1) is 23.0 Å². The predicted molar refractivity (Wildman–Crippen MR) is 124 cm³/mol. The Morgan fingerprint density at radius 1 is 1.15 bits per heavy atom. The Morgan fingerprint density at radius 3 is 2.53 bits per heavy atom. The molecule has 0 radical (unpaired) electrons. The van der Waals surface area contributed by atoms with Gasteiger partial charge in [-0.15, -0.1) is 0 Å². The summed E-state index contributed by atoms with van der Waals surface area (Å²) in [6.07, 6.45) is 4.11. The number of nitrogens with two attached hydrogens (primary N) is 1. The summed E-state index contributed by atoms with van der Waals surface area (Å²) >= 11 is 0. The zero-order chi connectivity index (χ0) is 24.0. The van der Waals surface area contributed by atoms with Crippen LogP contribution in [0.2, 0.25) is 0 Å². The molecule has 5 rings (SSSR count). The van der Waals surface area contributed by atoms with Crippen molar-refractivity contribution in [1.29, 1.82) is 5.26 Å².